The van der Waals surface area contributed by atoms with E-state index in [9.17, 15) is 4.79 Å². The normalized spacial score (nSPS) is 9.86. The van der Waals surface area contributed by atoms with Gasteiger partial charge in [-0.05, 0) is 24.6 Å². The summed E-state index contributed by atoms with van der Waals surface area (Å²) in [7, 11) is 1.76. The quantitative estimate of drug-likeness (QED) is 0.843. The van der Waals surface area contributed by atoms with Gasteiger partial charge < -0.3 is 10.4 Å². The summed E-state index contributed by atoms with van der Waals surface area (Å²) in [6, 6.07) is 7.21. The average Bonchev–Trinajstić information content (AvgIpc) is 2.84. The van der Waals surface area contributed by atoms with E-state index in [0.717, 1.165) is 5.56 Å². The van der Waals surface area contributed by atoms with E-state index in [2.05, 4.69) is 22.3 Å². The maximum absolute atomic E-state index is 12.4. The Balaban J connectivity index is 2.28. The van der Waals surface area contributed by atoms with Crippen LogP contribution >= 0.6 is 0 Å². The standard InChI is InChI=1S/C16H17N3O2/c1-12-6-7-14(13(11-12)5-3-4-10-20)16(21)18-15-8-9-17-19(15)2/h6-9,11,20H,4,10H2,1-2H3,(H,18,21). The Morgan fingerprint density at radius 3 is 2.90 bits per heavy atom. The Hall–Kier alpha value is -2.58. The number of hydrogen-bond acceptors (Lipinski definition) is 3. The maximum Gasteiger partial charge on any atom is 0.258 e. The Bertz CT molecular complexity index is 708. The second kappa shape index (κ2) is 6.73. The van der Waals surface area contributed by atoms with Crippen molar-refractivity contribution in [1.29, 1.82) is 0 Å². The van der Waals surface area contributed by atoms with E-state index in [-0.39, 0.29) is 12.5 Å². The first kappa shape index (κ1) is 14.8. The smallest absolute Gasteiger partial charge is 0.258 e. The van der Waals surface area contributed by atoms with Gasteiger partial charge in [0.1, 0.15) is 5.82 Å². The minimum Gasteiger partial charge on any atom is -0.395 e. The van der Waals surface area contributed by atoms with Gasteiger partial charge in [0.2, 0.25) is 0 Å². The van der Waals surface area contributed by atoms with Gasteiger partial charge in [-0.2, -0.15) is 5.10 Å². The monoisotopic (exact) mass is 283 g/mol. The molecule has 0 radical (unpaired) electrons. The fraction of sp³-hybridized carbons (Fsp3) is 0.250. The minimum atomic E-state index is -0.230. The molecule has 5 heteroatoms. The number of carbonyl (C=O) groups excluding carboxylic acids is 1. The number of aromatic nitrogens is 2. The molecule has 0 aliphatic carbocycles. The van der Waals surface area contributed by atoms with Gasteiger partial charge in [-0.15, -0.1) is 0 Å². The number of anilines is 1. The molecule has 1 heterocycles. The van der Waals surface area contributed by atoms with Gasteiger partial charge in [-0.25, -0.2) is 0 Å². The predicted molar refractivity (Wildman–Crippen MR) is 80.9 cm³/mol. The fourth-order valence-corrected chi connectivity index (χ4v) is 1.85. The molecule has 0 fully saturated rings. The molecule has 0 aliphatic rings. The Labute approximate surface area is 123 Å². The van der Waals surface area contributed by atoms with Crippen molar-refractivity contribution >= 4 is 11.7 Å². The maximum atomic E-state index is 12.4. The second-order valence-electron chi connectivity index (χ2n) is 4.62. The lowest BCUT2D eigenvalue weighted by Crippen LogP contribution is -2.16. The number of amides is 1. The molecule has 0 bridgehead atoms. The van der Waals surface area contributed by atoms with Gasteiger partial charge in [0, 0.05) is 25.1 Å². The van der Waals surface area contributed by atoms with Crippen LogP contribution in [0.5, 0.6) is 0 Å². The van der Waals surface area contributed by atoms with Crippen molar-refractivity contribution in [2.24, 2.45) is 7.05 Å². The molecular weight excluding hydrogens is 266 g/mol. The van der Waals surface area contributed by atoms with Gasteiger partial charge in [0.05, 0.1) is 18.4 Å². The van der Waals surface area contributed by atoms with Crippen molar-refractivity contribution in [2.75, 3.05) is 11.9 Å². The summed E-state index contributed by atoms with van der Waals surface area (Å²) < 4.78 is 1.59. The molecule has 0 atom stereocenters. The molecule has 1 aromatic heterocycles. The number of aryl methyl sites for hydroxylation is 2. The van der Waals surface area contributed by atoms with E-state index < -0.39 is 0 Å². The zero-order valence-electron chi connectivity index (χ0n) is 12.1. The van der Waals surface area contributed by atoms with Gasteiger partial charge >= 0.3 is 0 Å². The van der Waals surface area contributed by atoms with Crippen LogP contribution in [0.2, 0.25) is 0 Å². The summed E-state index contributed by atoms with van der Waals surface area (Å²) in [5.41, 5.74) is 2.19. The summed E-state index contributed by atoms with van der Waals surface area (Å²) in [5.74, 6) is 6.17. The Kier molecular flexibility index (Phi) is 4.75. The fourth-order valence-electron chi connectivity index (χ4n) is 1.85. The molecule has 0 aliphatic heterocycles. The summed E-state index contributed by atoms with van der Waals surface area (Å²) in [6.07, 6.45) is 2.00. The molecule has 2 aromatic rings. The van der Waals surface area contributed by atoms with Crippen LogP contribution in [0.4, 0.5) is 5.82 Å². The van der Waals surface area contributed by atoms with Gasteiger partial charge in [-0.3, -0.25) is 9.48 Å². The van der Waals surface area contributed by atoms with E-state index in [4.69, 9.17) is 5.11 Å². The van der Waals surface area contributed by atoms with E-state index in [1.165, 1.54) is 0 Å². The summed E-state index contributed by atoms with van der Waals surface area (Å²) >= 11 is 0. The Morgan fingerprint density at radius 2 is 2.24 bits per heavy atom. The van der Waals surface area contributed by atoms with E-state index in [1.807, 2.05) is 19.1 Å². The number of nitrogens with zero attached hydrogens (tertiary/aromatic N) is 2. The van der Waals surface area contributed by atoms with Crippen LogP contribution < -0.4 is 5.32 Å². The van der Waals surface area contributed by atoms with Gasteiger partial charge in [0.25, 0.3) is 5.91 Å². The number of nitrogens with one attached hydrogen (secondary N) is 1. The molecule has 1 amide bonds. The molecule has 0 saturated heterocycles. The van der Waals surface area contributed by atoms with Crippen LogP contribution in [0.25, 0.3) is 0 Å². The third-order valence-electron chi connectivity index (χ3n) is 2.94. The molecule has 21 heavy (non-hydrogen) atoms. The Morgan fingerprint density at radius 1 is 1.43 bits per heavy atom. The lowest BCUT2D eigenvalue weighted by molar-refractivity contribution is 0.102. The molecule has 108 valence electrons. The lowest BCUT2D eigenvalue weighted by atomic mass is 10.0. The van der Waals surface area contributed by atoms with Crippen molar-refractivity contribution < 1.29 is 9.90 Å². The average molecular weight is 283 g/mol. The highest BCUT2D eigenvalue weighted by Gasteiger charge is 2.12. The highest BCUT2D eigenvalue weighted by atomic mass is 16.2. The molecule has 5 nitrogen and oxygen atoms in total. The highest BCUT2D eigenvalue weighted by molar-refractivity contribution is 6.05. The van der Waals surface area contributed by atoms with E-state index in [0.29, 0.717) is 23.4 Å². The van der Waals surface area contributed by atoms with Crippen LogP contribution in [0.15, 0.2) is 30.5 Å². The number of rotatable bonds is 3. The molecule has 2 rings (SSSR count). The molecule has 2 N–H and O–H groups in total. The van der Waals surface area contributed by atoms with Crippen molar-refractivity contribution in [3.63, 3.8) is 0 Å². The second-order valence-corrected chi connectivity index (χ2v) is 4.62. The first-order valence-electron chi connectivity index (χ1n) is 6.61. The number of hydrogen-bond donors (Lipinski definition) is 2. The van der Waals surface area contributed by atoms with Crippen molar-refractivity contribution in [3.8, 4) is 11.8 Å². The van der Waals surface area contributed by atoms with Crippen LogP contribution in [0.1, 0.15) is 27.9 Å². The summed E-state index contributed by atoms with van der Waals surface area (Å²) in [4.78, 5) is 12.4. The van der Waals surface area contributed by atoms with E-state index in [1.54, 1.807) is 30.1 Å². The third-order valence-corrected chi connectivity index (χ3v) is 2.94. The zero-order valence-corrected chi connectivity index (χ0v) is 12.1. The number of benzene rings is 1. The van der Waals surface area contributed by atoms with Gasteiger partial charge in [0.15, 0.2) is 0 Å². The van der Waals surface area contributed by atoms with Crippen LogP contribution in [-0.2, 0) is 7.05 Å². The molecular formula is C16H17N3O2. The first-order chi connectivity index (χ1) is 10.1. The molecule has 0 spiro atoms. The lowest BCUT2D eigenvalue weighted by Gasteiger charge is -2.08. The minimum absolute atomic E-state index is 0.00929. The molecule has 0 unspecified atom stereocenters. The summed E-state index contributed by atoms with van der Waals surface area (Å²) in [6.45, 7) is 1.95. The van der Waals surface area contributed by atoms with Crippen LogP contribution in [0, 0.1) is 18.8 Å². The predicted octanol–water partition coefficient (Wildman–Crippen LogP) is 1.71. The number of carbonyl (C=O) groups is 1. The first-order valence-corrected chi connectivity index (χ1v) is 6.61. The largest absolute Gasteiger partial charge is 0.395 e. The van der Waals surface area contributed by atoms with Crippen LogP contribution in [0.3, 0.4) is 0 Å². The zero-order chi connectivity index (χ0) is 15.2. The van der Waals surface area contributed by atoms with E-state index >= 15 is 0 Å². The SMILES string of the molecule is Cc1ccc(C(=O)Nc2ccnn2C)c(C#CCCO)c1. The van der Waals surface area contributed by atoms with Crippen molar-refractivity contribution in [2.45, 2.75) is 13.3 Å². The van der Waals surface area contributed by atoms with Crippen molar-refractivity contribution in [3.05, 3.63) is 47.2 Å². The third kappa shape index (κ3) is 3.71. The highest BCUT2D eigenvalue weighted by Crippen LogP contribution is 2.14. The molecule has 0 saturated carbocycles. The molecule has 1 aromatic carbocycles. The summed E-state index contributed by atoms with van der Waals surface area (Å²) in [5, 5.41) is 15.6. The number of aliphatic hydroxyl groups excluding tert-OH is 1. The van der Waals surface area contributed by atoms with Gasteiger partial charge in [-0.1, -0.05) is 17.9 Å². The topological polar surface area (TPSA) is 67.2 Å². The van der Waals surface area contributed by atoms with Crippen LogP contribution in [-0.4, -0.2) is 27.4 Å². The van der Waals surface area contributed by atoms with Crippen molar-refractivity contribution in [1.82, 2.24) is 9.78 Å². The number of aliphatic hydroxyl groups is 1.